The van der Waals surface area contributed by atoms with Crippen LogP contribution in [0.15, 0.2) is 0 Å². The number of rotatable bonds is 5. The maximum Gasteiger partial charge on any atom is 0.326 e. The molecule has 5 nitrogen and oxygen atoms in total. The van der Waals surface area contributed by atoms with Gasteiger partial charge >= 0.3 is 12.0 Å². The summed E-state index contributed by atoms with van der Waals surface area (Å²) >= 11 is 0. The van der Waals surface area contributed by atoms with Crippen molar-refractivity contribution in [2.24, 2.45) is 17.8 Å². The van der Waals surface area contributed by atoms with E-state index in [0.29, 0.717) is 11.8 Å². The van der Waals surface area contributed by atoms with Crippen molar-refractivity contribution in [3.05, 3.63) is 0 Å². The third kappa shape index (κ3) is 3.87. The lowest BCUT2D eigenvalue weighted by Gasteiger charge is -2.29. The number of amides is 2. The summed E-state index contributed by atoms with van der Waals surface area (Å²) in [5.74, 6) is 0.458. The van der Waals surface area contributed by atoms with E-state index in [9.17, 15) is 14.7 Å². The first-order valence-electron chi connectivity index (χ1n) is 7.73. The first-order chi connectivity index (χ1) is 9.49. The van der Waals surface area contributed by atoms with Crippen LogP contribution in [0.1, 0.15) is 45.4 Å². The van der Waals surface area contributed by atoms with Crippen LogP contribution in [-0.4, -0.2) is 41.6 Å². The zero-order valence-corrected chi connectivity index (χ0v) is 12.5. The number of carbonyl (C=O) groups is 2. The lowest BCUT2D eigenvalue weighted by Crippen LogP contribution is -2.51. The highest BCUT2D eigenvalue weighted by Gasteiger charge is 2.36. The highest BCUT2D eigenvalue weighted by Crippen LogP contribution is 2.38. The molecule has 0 saturated heterocycles. The first-order valence-corrected chi connectivity index (χ1v) is 7.73. The number of carboxylic acids is 1. The second-order valence-electron chi connectivity index (χ2n) is 6.52. The standard InChI is InChI=1S/C15H26N2O3/c1-10-8-12(10)9-17(2)15(20)16-13(14(18)19)11-6-4-3-5-7-11/h10-13H,3-9H2,1-2H3,(H,16,20)(H,18,19). The Morgan fingerprint density at radius 3 is 2.40 bits per heavy atom. The summed E-state index contributed by atoms with van der Waals surface area (Å²) in [4.78, 5) is 25.2. The highest BCUT2D eigenvalue weighted by atomic mass is 16.4. The minimum atomic E-state index is -0.904. The Morgan fingerprint density at radius 2 is 1.90 bits per heavy atom. The molecule has 3 atom stereocenters. The molecule has 0 bridgehead atoms. The fourth-order valence-corrected chi connectivity index (χ4v) is 3.18. The molecule has 2 amide bonds. The third-order valence-corrected chi connectivity index (χ3v) is 4.80. The molecule has 5 heteroatoms. The average Bonchev–Trinajstić information content (AvgIpc) is 3.11. The third-order valence-electron chi connectivity index (χ3n) is 4.80. The molecule has 3 unspecified atom stereocenters. The first kappa shape index (κ1) is 15.1. The second kappa shape index (κ2) is 6.46. The van der Waals surface area contributed by atoms with Gasteiger partial charge in [0.25, 0.3) is 0 Å². The number of aliphatic carboxylic acids is 1. The Morgan fingerprint density at radius 1 is 1.30 bits per heavy atom. The lowest BCUT2D eigenvalue weighted by atomic mass is 9.84. The van der Waals surface area contributed by atoms with Crippen LogP contribution in [0.2, 0.25) is 0 Å². The van der Waals surface area contributed by atoms with Crippen molar-refractivity contribution in [3.63, 3.8) is 0 Å². The fourth-order valence-electron chi connectivity index (χ4n) is 3.18. The van der Waals surface area contributed by atoms with Crippen LogP contribution in [0.4, 0.5) is 4.79 Å². The van der Waals surface area contributed by atoms with E-state index in [-0.39, 0.29) is 11.9 Å². The molecule has 2 aliphatic carbocycles. The normalized spacial score (nSPS) is 27.7. The Bertz CT molecular complexity index is 366. The van der Waals surface area contributed by atoms with Gasteiger partial charge < -0.3 is 15.3 Å². The molecule has 0 heterocycles. The van der Waals surface area contributed by atoms with Gasteiger partial charge in [-0.1, -0.05) is 26.2 Å². The monoisotopic (exact) mass is 282 g/mol. The molecule has 2 fully saturated rings. The summed E-state index contributed by atoms with van der Waals surface area (Å²) in [5, 5.41) is 12.1. The number of urea groups is 1. The Balaban J connectivity index is 1.86. The molecule has 0 aliphatic heterocycles. The van der Waals surface area contributed by atoms with E-state index >= 15 is 0 Å². The van der Waals surface area contributed by atoms with E-state index in [4.69, 9.17) is 0 Å². The van der Waals surface area contributed by atoms with Crippen molar-refractivity contribution in [1.29, 1.82) is 0 Å². The predicted molar refractivity (Wildman–Crippen MR) is 76.4 cm³/mol. The summed E-state index contributed by atoms with van der Waals surface area (Å²) in [6, 6.07) is -0.982. The number of carboxylic acid groups (broad SMARTS) is 1. The minimum Gasteiger partial charge on any atom is -0.480 e. The summed E-state index contributed by atoms with van der Waals surface area (Å²) in [6.45, 7) is 2.91. The summed E-state index contributed by atoms with van der Waals surface area (Å²) < 4.78 is 0. The SMILES string of the molecule is CC1CC1CN(C)C(=O)NC(C(=O)O)C1CCCCC1. The minimum absolute atomic E-state index is 0.0819. The summed E-state index contributed by atoms with van der Waals surface area (Å²) in [5.41, 5.74) is 0. The van der Waals surface area contributed by atoms with E-state index in [1.54, 1.807) is 11.9 Å². The van der Waals surface area contributed by atoms with E-state index in [2.05, 4.69) is 12.2 Å². The van der Waals surface area contributed by atoms with E-state index in [1.165, 1.54) is 12.8 Å². The van der Waals surface area contributed by atoms with Crippen molar-refractivity contribution in [3.8, 4) is 0 Å². The summed E-state index contributed by atoms with van der Waals surface area (Å²) in [7, 11) is 1.75. The Hall–Kier alpha value is -1.26. The molecule has 0 aromatic heterocycles. The van der Waals surface area contributed by atoms with Crippen LogP contribution in [-0.2, 0) is 4.79 Å². The van der Waals surface area contributed by atoms with Crippen molar-refractivity contribution in [2.75, 3.05) is 13.6 Å². The molecule has 0 aromatic rings. The van der Waals surface area contributed by atoms with Gasteiger partial charge in [-0.05, 0) is 37.0 Å². The fraction of sp³-hybridized carbons (Fsp3) is 0.867. The number of hydrogen-bond acceptors (Lipinski definition) is 2. The number of carbonyl (C=O) groups excluding carboxylic acids is 1. The van der Waals surface area contributed by atoms with E-state index < -0.39 is 12.0 Å². The molecule has 2 rings (SSSR count). The van der Waals surface area contributed by atoms with Gasteiger partial charge in [0.15, 0.2) is 0 Å². The molecule has 0 aromatic carbocycles. The zero-order chi connectivity index (χ0) is 14.7. The summed E-state index contributed by atoms with van der Waals surface area (Å²) in [6.07, 6.45) is 6.29. The van der Waals surface area contributed by atoms with Crippen molar-refractivity contribution >= 4 is 12.0 Å². The molecule has 0 spiro atoms. The van der Waals surface area contributed by atoms with Gasteiger partial charge in [0.2, 0.25) is 0 Å². The predicted octanol–water partition coefficient (Wildman–Crippen LogP) is 2.32. The van der Waals surface area contributed by atoms with Gasteiger partial charge in [-0.3, -0.25) is 0 Å². The molecular formula is C15H26N2O3. The zero-order valence-electron chi connectivity index (χ0n) is 12.5. The van der Waals surface area contributed by atoms with E-state index in [0.717, 1.165) is 32.2 Å². The largest absolute Gasteiger partial charge is 0.480 e. The van der Waals surface area contributed by atoms with E-state index in [1.807, 2.05) is 0 Å². The number of hydrogen-bond donors (Lipinski definition) is 2. The van der Waals surface area contributed by atoms with Crippen LogP contribution in [0.5, 0.6) is 0 Å². The van der Waals surface area contributed by atoms with Gasteiger partial charge in [0, 0.05) is 13.6 Å². The van der Waals surface area contributed by atoms with Crippen LogP contribution < -0.4 is 5.32 Å². The number of nitrogens with zero attached hydrogens (tertiary/aromatic N) is 1. The average molecular weight is 282 g/mol. The molecule has 2 saturated carbocycles. The second-order valence-corrected chi connectivity index (χ2v) is 6.52. The van der Waals surface area contributed by atoms with Gasteiger partial charge in [0.1, 0.15) is 6.04 Å². The molecule has 0 radical (unpaired) electrons. The number of nitrogens with one attached hydrogen (secondary N) is 1. The van der Waals surface area contributed by atoms with Crippen LogP contribution in [0.25, 0.3) is 0 Å². The highest BCUT2D eigenvalue weighted by molar-refractivity contribution is 5.82. The molecule has 2 aliphatic rings. The molecule has 114 valence electrons. The van der Waals surface area contributed by atoms with Gasteiger partial charge in [0.05, 0.1) is 0 Å². The van der Waals surface area contributed by atoms with Gasteiger partial charge in [-0.2, -0.15) is 0 Å². The molecule has 20 heavy (non-hydrogen) atoms. The molecular weight excluding hydrogens is 256 g/mol. The van der Waals surface area contributed by atoms with Gasteiger partial charge in [-0.25, -0.2) is 9.59 Å². The van der Waals surface area contributed by atoms with Crippen molar-refractivity contribution in [2.45, 2.75) is 51.5 Å². The van der Waals surface area contributed by atoms with Crippen LogP contribution >= 0.6 is 0 Å². The van der Waals surface area contributed by atoms with Crippen LogP contribution in [0, 0.1) is 17.8 Å². The topological polar surface area (TPSA) is 69.6 Å². The Kier molecular flexibility index (Phi) is 4.89. The molecule has 2 N–H and O–H groups in total. The van der Waals surface area contributed by atoms with Gasteiger partial charge in [-0.15, -0.1) is 0 Å². The maximum atomic E-state index is 12.1. The lowest BCUT2D eigenvalue weighted by molar-refractivity contribution is -0.141. The van der Waals surface area contributed by atoms with Crippen molar-refractivity contribution in [1.82, 2.24) is 10.2 Å². The van der Waals surface area contributed by atoms with Crippen LogP contribution in [0.3, 0.4) is 0 Å². The van der Waals surface area contributed by atoms with Crippen molar-refractivity contribution < 1.29 is 14.7 Å². The quantitative estimate of drug-likeness (QED) is 0.813. The Labute approximate surface area is 120 Å². The smallest absolute Gasteiger partial charge is 0.326 e. The maximum absolute atomic E-state index is 12.1.